The number of benzene rings is 1. The second kappa shape index (κ2) is 5.51. The zero-order valence-corrected chi connectivity index (χ0v) is 12.3. The summed E-state index contributed by atoms with van der Waals surface area (Å²) in [5.74, 6) is -0.468. The molecule has 112 valence electrons. The number of hydrogen-bond donors (Lipinski definition) is 1. The molecule has 1 saturated carbocycles. The van der Waals surface area contributed by atoms with Crippen LogP contribution in [-0.4, -0.2) is 34.5 Å². The van der Waals surface area contributed by atoms with Crippen molar-refractivity contribution >= 4 is 11.9 Å². The molecule has 2 fully saturated rings. The average Bonchev–Trinajstić information content (AvgIpc) is 3.06. The van der Waals surface area contributed by atoms with Crippen molar-refractivity contribution in [2.45, 2.75) is 38.6 Å². The number of carboxylic acid groups (broad SMARTS) is 1. The largest absolute Gasteiger partial charge is 0.480 e. The molecule has 1 heterocycles. The van der Waals surface area contributed by atoms with E-state index in [0.717, 1.165) is 31.2 Å². The highest BCUT2D eigenvalue weighted by molar-refractivity contribution is 5.98. The summed E-state index contributed by atoms with van der Waals surface area (Å²) < 4.78 is 0. The van der Waals surface area contributed by atoms with E-state index in [9.17, 15) is 14.7 Å². The number of nitrogens with zero attached hydrogens (tertiary/aromatic N) is 1. The molecular weight excluding hydrogens is 266 g/mol. The summed E-state index contributed by atoms with van der Waals surface area (Å²) in [6.07, 6.45) is 3.85. The first kappa shape index (κ1) is 14.1. The normalized spacial score (nSPS) is 27.7. The van der Waals surface area contributed by atoms with Gasteiger partial charge in [-0.1, -0.05) is 31.5 Å². The lowest BCUT2D eigenvalue weighted by molar-refractivity contribution is -0.142. The Kier molecular flexibility index (Phi) is 3.70. The standard InChI is InChI=1S/C17H21NO3/c1-2-11-6-3-4-8-14(11)16(19)18-10-12-7-5-9-13(12)15(18)17(20)21/h3-4,6,8,12-13,15H,2,5,7,9-10H2,1H3,(H,20,21). The van der Waals surface area contributed by atoms with Gasteiger partial charge in [0.15, 0.2) is 0 Å². The number of likely N-dealkylation sites (tertiary alicyclic amines) is 1. The fraction of sp³-hybridized carbons (Fsp3) is 0.529. The van der Waals surface area contributed by atoms with E-state index in [-0.39, 0.29) is 11.8 Å². The van der Waals surface area contributed by atoms with Crippen LogP contribution in [0.5, 0.6) is 0 Å². The summed E-state index contributed by atoms with van der Waals surface area (Å²) in [5.41, 5.74) is 1.65. The van der Waals surface area contributed by atoms with E-state index in [1.165, 1.54) is 0 Å². The number of carbonyl (C=O) groups excluding carboxylic acids is 1. The van der Waals surface area contributed by atoms with Crippen molar-refractivity contribution < 1.29 is 14.7 Å². The third-order valence-corrected chi connectivity index (χ3v) is 5.03. The molecule has 1 saturated heterocycles. The van der Waals surface area contributed by atoms with Crippen LogP contribution in [0.1, 0.15) is 42.1 Å². The minimum Gasteiger partial charge on any atom is -0.480 e. The first-order chi connectivity index (χ1) is 10.1. The molecule has 1 amide bonds. The van der Waals surface area contributed by atoms with Crippen molar-refractivity contribution in [2.24, 2.45) is 11.8 Å². The molecule has 1 aromatic rings. The number of rotatable bonds is 3. The van der Waals surface area contributed by atoms with Crippen LogP contribution in [0.3, 0.4) is 0 Å². The van der Waals surface area contributed by atoms with Crippen molar-refractivity contribution in [1.29, 1.82) is 0 Å². The molecule has 0 spiro atoms. The van der Waals surface area contributed by atoms with Gasteiger partial charge in [-0.3, -0.25) is 4.79 Å². The van der Waals surface area contributed by atoms with Gasteiger partial charge in [0.1, 0.15) is 6.04 Å². The summed E-state index contributed by atoms with van der Waals surface area (Å²) in [7, 11) is 0. The minimum atomic E-state index is -0.855. The van der Waals surface area contributed by atoms with E-state index in [0.29, 0.717) is 18.0 Å². The van der Waals surface area contributed by atoms with Gasteiger partial charge in [0.2, 0.25) is 0 Å². The maximum atomic E-state index is 12.8. The molecular formula is C17H21NO3. The van der Waals surface area contributed by atoms with Crippen molar-refractivity contribution in [3.05, 3.63) is 35.4 Å². The predicted molar refractivity (Wildman–Crippen MR) is 79.1 cm³/mol. The maximum Gasteiger partial charge on any atom is 0.326 e. The molecule has 4 heteroatoms. The van der Waals surface area contributed by atoms with Crippen LogP contribution in [0.25, 0.3) is 0 Å². The third kappa shape index (κ3) is 2.33. The molecule has 2 aliphatic rings. The minimum absolute atomic E-state index is 0.116. The van der Waals surface area contributed by atoms with Gasteiger partial charge < -0.3 is 10.0 Å². The van der Waals surface area contributed by atoms with E-state index in [4.69, 9.17) is 0 Å². The van der Waals surface area contributed by atoms with Crippen LogP contribution in [0.15, 0.2) is 24.3 Å². The van der Waals surface area contributed by atoms with Crippen molar-refractivity contribution in [2.75, 3.05) is 6.54 Å². The van der Waals surface area contributed by atoms with Gasteiger partial charge >= 0.3 is 5.97 Å². The van der Waals surface area contributed by atoms with Crippen molar-refractivity contribution in [1.82, 2.24) is 4.90 Å². The molecule has 0 radical (unpaired) electrons. The summed E-state index contributed by atoms with van der Waals surface area (Å²) >= 11 is 0. The van der Waals surface area contributed by atoms with E-state index in [1.807, 2.05) is 31.2 Å². The molecule has 1 N–H and O–H groups in total. The van der Waals surface area contributed by atoms with Gasteiger partial charge in [0.25, 0.3) is 5.91 Å². The fourth-order valence-corrected chi connectivity index (χ4v) is 4.02. The van der Waals surface area contributed by atoms with Crippen LogP contribution in [-0.2, 0) is 11.2 Å². The van der Waals surface area contributed by atoms with Crippen LogP contribution >= 0.6 is 0 Å². The van der Waals surface area contributed by atoms with Gasteiger partial charge in [-0.05, 0) is 42.7 Å². The molecule has 21 heavy (non-hydrogen) atoms. The fourth-order valence-electron chi connectivity index (χ4n) is 4.02. The van der Waals surface area contributed by atoms with E-state index in [1.54, 1.807) is 4.90 Å². The Bertz CT molecular complexity index is 569. The molecule has 1 aliphatic carbocycles. The van der Waals surface area contributed by atoms with E-state index in [2.05, 4.69) is 0 Å². The Balaban J connectivity index is 1.92. The molecule has 3 atom stereocenters. The monoisotopic (exact) mass is 287 g/mol. The topological polar surface area (TPSA) is 57.6 Å². The molecule has 1 aliphatic heterocycles. The van der Waals surface area contributed by atoms with Gasteiger partial charge in [0, 0.05) is 12.1 Å². The second-order valence-electron chi connectivity index (χ2n) is 6.11. The Hall–Kier alpha value is -1.84. The SMILES string of the molecule is CCc1ccccc1C(=O)N1CC2CCCC2C1C(=O)O. The number of carboxylic acids is 1. The van der Waals surface area contributed by atoms with Gasteiger partial charge in [-0.2, -0.15) is 0 Å². The summed E-state index contributed by atoms with van der Waals surface area (Å²) in [4.78, 5) is 26.1. The highest BCUT2D eigenvalue weighted by Crippen LogP contribution is 2.42. The number of fused-ring (bicyclic) bond motifs is 1. The lowest BCUT2D eigenvalue weighted by Crippen LogP contribution is -2.43. The quantitative estimate of drug-likeness (QED) is 0.929. The number of aliphatic carboxylic acids is 1. The zero-order chi connectivity index (χ0) is 15.0. The van der Waals surface area contributed by atoms with Crippen LogP contribution in [0, 0.1) is 11.8 Å². The van der Waals surface area contributed by atoms with Crippen molar-refractivity contribution in [3.63, 3.8) is 0 Å². The summed E-state index contributed by atoms with van der Waals surface area (Å²) in [5, 5.41) is 9.56. The van der Waals surface area contributed by atoms with Crippen molar-refractivity contribution in [3.8, 4) is 0 Å². The van der Waals surface area contributed by atoms with Gasteiger partial charge in [0.05, 0.1) is 0 Å². The number of amides is 1. The Morgan fingerprint density at radius 1 is 1.29 bits per heavy atom. The average molecular weight is 287 g/mol. The Labute approximate surface area is 124 Å². The van der Waals surface area contributed by atoms with Crippen LogP contribution in [0.2, 0.25) is 0 Å². The molecule has 3 unspecified atom stereocenters. The summed E-state index contributed by atoms with van der Waals surface area (Å²) in [6.45, 7) is 2.61. The Morgan fingerprint density at radius 3 is 2.76 bits per heavy atom. The summed E-state index contributed by atoms with van der Waals surface area (Å²) in [6, 6.07) is 6.88. The molecule has 1 aromatic carbocycles. The third-order valence-electron chi connectivity index (χ3n) is 5.03. The maximum absolute atomic E-state index is 12.8. The first-order valence-corrected chi connectivity index (χ1v) is 7.75. The van der Waals surface area contributed by atoms with Crippen LogP contribution < -0.4 is 0 Å². The highest BCUT2D eigenvalue weighted by Gasteiger charge is 2.49. The molecule has 3 rings (SSSR count). The first-order valence-electron chi connectivity index (χ1n) is 7.75. The number of carbonyl (C=O) groups is 2. The number of hydrogen-bond acceptors (Lipinski definition) is 2. The predicted octanol–water partition coefficient (Wildman–Crippen LogP) is 2.57. The molecule has 4 nitrogen and oxygen atoms in total. The van der Waals surface area contributed by atoms with E-state index < -0.39 is 12.0 Å². The van der Waals surface area contributed by atoms with Gasteiger partial charge in [-0.25, -0.2) is 4.79 Å². The zero-order valence-electron chi connectivity index (χ0n) is 12.3. The van der Waals surface area contributed by atoms with Gasteiger partial charge in [-0.15, -0.1) is 0 Å². The smallest absolute Gasteiger partial charge is 0.326 e. The molecule has 0 bridgehead atoms. The molecule has 0 aromatic heterocycles. The number of aryl methyl sites for hydroxylation is 1. The van der Waals surface area contributed by atoms with Crippen LogP contribution in [0.4, 0.5) is 0 Å². The lowest BCUT2D eigenvalue weighted by atomic mass is 9.94. The highest BCUT2D eigenvalue weighted by atomic mass is 16.4. The second-order valence-corrected chi connectivity index (χ2v) is 6.11. The van der Waals surface area contributed by atoms with E-state index >= 15 is 0 Å². The lowest BCUT2D eigenvalue weighted by Gasteiger charge is -2.25. The Morgan fingerprint density at radius 2 is 2.05 bits per heavy atom.